The monoisotopic (exact) mass is 412 g/mol. The van der Waals surface area contributed by atoms with E-state index in [9.17, 15) is 5.11 Å². The minimum absolute atomic E-state index is 0.0776. The van der Waals surface area contributed by atoms with Gasteiger partial charge in [0.1, 0.15) is 0 Å². The van der Waals surface area contributed by atoms with E-state index in [1.807, 2.05) is 0 Å². The molecule has 0 aromatic rings. The highest BCUT2D eigenvalue weighted by atomic mass is 16.3. The number of fused-ring (bicyclic) bond motifs is 5. The Bertz CT molecular complexity index is 692. The van der Waals surface area contributed by atoms with Gasteiger partial charge in [-0.05, 0) is 122 Å². The lowest BCUT2D eigenvalue weighted by atomic mass is 9.47. The molecular formula is C29H48O. The summed E-state index contributed by atoms with van der Waals surface area (Å²) in [5.74, 6) is 8.39. The second-order valence-corrected chi connectivity index (χ2v) is 13.4. The Morgan fingerprint density at radius 3 is 2.43 bits per heavy atom. The first-order valence-electron chi connectivity index (χ1n) is 13.5. The Morgan fingerprint density at radius 1 is 0.933 bits per heavy atom. The van der Waals surface area contributed by atoms with E-state index in [-0.39, 0.29) is 6.10 Å². The Labute approximate surface area is 186 Å². The Hall–Kier alpha value is -0.300. The molecule has 5 aliphatic rings. The van der Waals surface area contributed by atoms with E-state index in [4.69, 9.17) is 0 Å². The molecule has 0 bridgehead atoms. The van der Waals surface area contributed by atoms with Crippen molar-refractivity contribution >= 4 is 0 Å². The predicted molar refractivity (Wildman–Crippen MR) is 126 cm³/mol. The van der Waals surface area contributed by atoms with Crippen LogP contribution in [0.15, 0.2) is 11.6 Å². The van der Waals surface area contributed by atoms with Crippen LogP contribution in [0.3, 0.4) is 0 Å². The molecule has 0 unspecified atom stereocenters. The Morgan fingerprint density at radius 2 is 1.70 bits per heavy atom. The van der Waals surface area contributed by atoms with E-state index in [1.54, 1.807) is 5.57 Å². The fourth-order valence-corrected chi connectivity index (χ4v) is 9.78. The van der Waals surface area contributed by atoms with E-state index in [0.717, 1.165) is 66.1 Å². The van der Waals surface area contributed by atoms with Crippen LogP contribution in [-0.2, 0) is 0 Å². The third kappa shape index (κ3) is 3.11. The van der Waals surface area contributed by atoms with Crippen molar-refractivity contribution in [3.8, 4) is 0 Å². The SMILES string of the molecule is CC(C)[C@@H](C)[C@H]1C[C@@H]1[C@H](C)[C@H]1CC[C@@H]2[C@H]3CC=C4C[C@@H](O)CC[C@]4(C)[C@@H]3CC[C@]12C. The summed E-state index contributed by atoms with van der Waals surface area (Å²) < 4.78 is 0. The molecule has 0 aliphatic heterocycles. The summed E-state index contributed by atoms with van der Waals surface area (Å²) in [6, 6.07) is 0. The zero-order chi connectivity index (χ0) is 21.4. The number of allylic oxidation sites excluding steroid dienone is 1. The molecule has 0 aromatic heterocycles. The van der Waals surface area contributed by atoms with Crippen molar-refractivity contribution in [2.75, 3.05) is 0 Å². The highest BCUT2D eigenvalue weighted by molar-refractivity contribution is 5.25. The first-order valence-corrected chi connectivity index (χ1v) is 13.5. The summed E-state index contributed by atoms with van der Waals surface area (Å²) in [6.45, 7) is 15.3. The van der Waals surface area contributed by atoms with Gasteiger partial charge in [0, 0.05) is 0 Å². The van der Waals surface area contributed by atoms with Crippen molar-refractivity contribution in [3.63, 3.8) is 0 Å². The summed E-state index contributed by atoms with van der Waals surface area (Å²) in [6.07, 6.45) is 14.4. The van der Waals surface area contributed by atoms with Crippen LogP contribution in [0, 0.1) is 64.1 Å². The molecule has 0 saturated heterocycles. The topological polar surface area (TPSA) is 20.2 Å². The lowest BCUT2D eigenvalue weighted by Gasteiger charge is -2.58. The first-order chi connectivity index (χ1) is 14.2. The molecule has 30 heavy (non-hydrogen) atoms. The average Bonchev–Trinajstić information content (AvgIpc) is 3.42. The summed E-state index contributed by atoms with van der Waals surface area (Å²) in [5.41, 5.74) is 2.60. The van der Waals surface area contributed by atoms with Crippen molar-refractivity contribution in [2.45, 2.75) is 105 Å². The lowest BCUT2D eigenvalue weighted by molar-refractivity contribution is -0.0586. The van der Waals surface area contributed by atoms with Crippen LogP contribution in [0.1, 0.15) is 99.3 Å². The third-order valence-corrected chi connectivity index (χ3v) is 12.1. The number of aliphatic hydroxyl groups excluding tert-OH is 1. The third-order valence-electron chi connectivity index (χ3n) is 12.1. The quantitative estimate of drug-likeness (QED) is 0.474. The van der Waals surface area contributed by atoms with Gasteiger partial charge in [-0.15, -0.1) is 0 Å². The fraction of sp³-hybridized carbons (Fsp3) is 0.931. The normalized spacial score (nSPS) is 52.1. The number of hydrogen-bond donors (Lipinski definition) is 1. The van der Waals surface area contributed by atoms with Gasteiger partial charge in [0.05, 0.1) is 6.10 Å². The molecular weight excluding hydrogens is 364 g/mol. The average molecular weight is 413 g/mol. The van der Waals surface area contributed by atoms with Gasteiger partial charge in [-0.2, -0.15) is 0 Å². The van der Waals surface area contributed by atoms with Crippen LogP contribution < -0.4 is 0 Å². The maximum absolute atomic E-state index is 10.3. The number of rotatable bonds is 4. The summed E-state index contributed by atoms with van der Waals surface area (Å²) in [7, 11) is 0. The van der Waals surface area contributed by atoms with E-state index in [1.165, 1.54) is 44.9 Å². The predicted octanol–water partition coefficient (Wildman–Crippen LogP) is 7.49. The molecule has 0 amide bonds. The van der Waals surface area contributed by atoms with Gasteiger partial charge in [0.15, 0.2) is 0 Å². The second kappa shape index (κ2) is 7.36. The van der Waals surface area contributed by atoms with E-state index < -0.39 is 0 Å². The van der Waals surface area contributed by atoms with Gasteiger partial charge in [-0.3, -0.25) is 0 Å². The van der Waals surface area contributed by atoms with Crippen LogP contribution in [0.25, 0.3) is 0 Å². The minimum atomic E-state index is -0.0776. The molecule has 170 valence electrons. The zero-order valence-electron chi connectivity index (χ0n) is 20.7. The standard InChI is InChI=1S/C29H48O/c1-17(2)18(3)23-16-24(23)19(4)25-9-10-26-22-8-7-20-15-21(30)11-13-28(20,5)27(22)12-14-29(25,26)6/h7,17-19,21-27,30H,8-16H2,1-6H3/t18-,19+,21+,22-,23-,24-,25-,26-,27-,28+,29-/m1/s1. The van der Waals surface area contributed by atoms with Crippen molar-refractivity contribution < 1.29 is 5.11 Å². The smallest absolute Gasteiger partial charge is 0.0577 e. The van der Waals surface area contributed by atoms with E-state index in [0.29, 0.717) is 10.8 Å². The van der Waals surface area contributed by atoms with Crippen molar-refractivity contribution in [3.05, 3.63) is 11.6 Å². The Kier molecular flexibility index (Phi) is 5.28. The molecule has 1 N–H and O–H groups in total. The molecule has 0 heterocycles. The molecule has 5 aliphatic carbocycles. The fourth-order valence-electron chi connectivity index (χ4n) is 9.78. The van der Waals surface area contributed by atoms with Gasteiger partial charge < -0.3 is 5.11 Å². The van der Waals surface area contributed by atoms with E-state index in [2.05, 4.69) is 47.6 Å². The van der Waals surface area contributed by atoms with Crippen LogP contribution in [0.5, 0.6) is 0 Å². The number of hydrogen-bond acceptors (Lipinski definition) is 1. The van der Waals surface area contributed by atoms with Crippen molar-refractivity contribution in [1.29, 1.82) is 0 Å². The van der Waals surface area contributed by atoms with Crippen molar-refractivity contribution in [2.24, 2.45) is 64.1 Å². The van der Waals surface area contributed by atoms with Gasteiger partial charge in [0.2, 0.25) is 0 Å². The highest BCUT2D eigenvalue weighted by Gasteiger charge is 2.61. The van der Waals surface area contributed by atoms with Crippen LogP contribution in [0.2, 0.25) is 0 Å². The van der Waals surface area contributed by atoms with Crippen LogP contribution in [0.4, 0.5) is 0 Å². The summed E-state index contributed by atoms with van der Waals surface area (Å²) >= 11 is 0. The Balaban J connectivity index is 1.34. The molecule has 1 nitrogen and oxygen atoms in total. The van der Waals surface area contributed by atoms with Crippen LogP contribution in [-0.4, -0.2) is 11.2 Å². The number of aliphatic hydroxyl groups is 1. The molecule has 4 fully saturated rings. The van der Waals surface area contributed by atoms with Gasteiger partial charge in [-0.25, -0.2) is 0 Å². The molecule has 0 spiro atoms. The van der Waals surface area contributed by atoms with Gasteiger partial charge in [0.25, 0.3) is 0 Å². The van der Waals surface area contributed by atoms with Gasteiger partial charge >= 0.3 is 0 Å². The van der Waals surface area contributed by atoms with Crippen molar-refractivity contribution in [1.82, 2.24) is 0 Å². The molecule has 0 radical (unpaired) electrons. The molecule has 4 saturated carbocycles. The molecule has 1 heteroatoms. The zero-order valence-corrected chi connectivity index (χ0v) is 20.7. The molecule has 0 aromatic carbocycles. The second-order valence-electron chi connectivity index (χ2n) is 13.4. The molecule has 5 rings (SSSR count). The van der Waals surface area contributed by atoms with E-state index >= 15 is 0 Å². The summed E-state index contributed by atoms with van der Waals surface area (Å²) in [5, 5.41) is 10.3. The highest BCUT2D eigenvalue weighted by Crippen LogP contribution is 2.69. The minimum Gasteiger partial charge on any atom is -0.393 e. The lowest BCUT2D eigenvalue weighted by Crippen LogP contribution is -2.51. The molecule has 11 atom stereocenters. The maximum Gasteiger partial charge on any atom is 0.0577 e. The summed E-state index contributed by atoms with van der Waals surface area (Å²) in [4.78, 5) is 0. The largest absolute Gasteiger partial charge is 0.393 e. The van der Waals surface area contributed by atoms with Crippen LogP contribution >= 0.6 is 0 Å². The van der Waals surface area contributed by atoms with Gasteiger partial charge in [-0.1, -0.05) is 53.2 Å². The first kappa shape index (κ1) is 21.5. The maximum atomic E-state index is 10.3.